The van der Waals surface area contributed by atoms with Crippen molar-refractivity contribution in [3.05, 3.63) is 41.7 Å². The van der Waals surface area contributed by atoms with Gasteiger partial charge in [0.1, 0.15) is 10.8 Å². The van der Waals surface area contributed by atoms with Crippen LogP contribution in [0.15, 0.2) is 40.5 Å². The Hall–Kier alpha value is -1.48. The summed E-state index contributed by atoms with van der Waals surface area (Å²) >= 11 is 1.48. The van der Waals surface area contributed by atoms with Gasteiger partial charge in [-0.15, -0.1) is 0 Å². The van der Waals surface area contributed by atoms with Crippen molar-refractivity contribution in [2.24, 2.45) is 0 Å². The molecule has 0 aliphatic heterocycles. The fourth-order valence-corrected chi connectivity index (χ4v) is 3.92. The van der Waals surface area contributed by atoms with E-state index in [9.17, 15) is 9.32 Å². The molecule has 2 aromatic rings. The summed E-state index contributed by atoms with van der Waals surface area (Å²) in [5, 5.41) is 10.3. The molecule has 2 N–H and O–H groups in total. The van der Waals surface area contributed by atoms with Gasteiger partial charge in [-0.2, -0.15) is 0 Å². The van der Waals surface area contributed by atoms with Crippen LogP contribution >= 0.6 is 11.8 Å². The second-order valence-electron chi connectivity index (χ2n) is 6.94. The third-order valence-electron chi connectivity index (χ3n) is 3.58. The highest BCUT2D eigenvalue weighted by Crippen LogP contribution is 2.34. The Morgan fingerprint density at radius 3 is 2.58 bits per heavy atom. The van der Waals surface area contributed by atoms with Crippen molar-refractivity contribution < 1.29 is 9.32 Å². The first-order valence-corrected chi connectivity index (χ1v) is 10.2. The normalized spacial score (nSPS) is 12.8. The molecule has 26 heavy (non-hydrogen) atoms. The Labute approximate surface area is 162 Å². The average molecular weight is 395 g/mol. The molecule has 6 nitrogen and oxygen atoms in total. The van der Waals surface area contributed by atoms with E-state index in [2.05, 4.69) is 14.7 Å². The average Bonchev–Trinajstić information content (AvgIpc) is 2.59. The summed E-state index contributed by atoms with van der Waals surface area (Å²) in [6.07, 6.45) is 3.46. The van der Waals surface area contributed by atoms with Crippen LogP contribution in [0.2, 0.25) is 0 Å². The minimum atomic E-state index is -1.18. The number of aliphatic hydroxyl groups excluding tert-OH is 1. The molecular weight excluding hydrogens is 368 g/mol. The number of hydrogen-bond donors (Lipinski definition) is 2. The van der Waals surface area contributed by atoms with Crippen LogP contribution in [0.3, 0.4) is 0 Å². The highest BCUT2D eigenvalue weighted by atomic mass is 32.2. The Bertz CT molecular complexity index is 776. The molecule has 0 aliphatic carbocycles. The Kier molecular flexibility index (Phi) is 7.16. The van der Waals surface area contributed by atoms with E-state index in [1.165, 1.54) is 11.8 Å². The Morgan fingerprint density at radius 2 is 1.96 bits per heavy atom. The van der Waals surface area contributed by atoms with Gasteiger partial charge in [-0.1, -0.05) is 17.8 Å². The zero-order chi connectivity index (χ0) is 19.3. The summed E-state index contributed by atoms with van der Waals surface area (Å²) in [5.74, 6) is 0.815. The van der Waals surface area contributed by atoms with E-state index in [1.54, 1.807) is 12.4 Å². The Morgan fingerprint density at radius 1 is 1.23 bits per heavy atom. The van der Waals surface area contributed by atoms with Crippen molar-refractivity contribution >= 4 is 28.6 Å². The van der Waals surface area contributed by atoms with Gasteiger partial charge in [0.05, 0.1) is 22.3 Å². The highest BCUT2D eigenvalue weighted by molar-refractivity contribution is 7.99. The number of hydrogen-bond acceptors (Lipinski definition) is 6. The van der Waals surface area contributed by atoms with Gasteiger partial charge in [0, 0.05) is 49.1 Å². The summed E-state index contributed by atoms with van der Waals surface area (Å²) < 4.78 is 15.2. The number of aromatic nitrogens is 2. The number of nitrogens with zero attached hydrogens (tertiary/aromatic N) is 3. The maximum absolute atomic E-state index is 12.4. The standard InChI is InChI=1S/C18H26N4O2S2/c1-18(2,3)26(24)21-11-14-15(8-10-19-16(14)22(4)5)25-17-13(12-23)7-6-9-20-17/h6-10,21,23H,11-12H2,1-5H3. The molecule has 1 atom stereocenters. The van der Waals surface area contributed by atoms with Crippen molar-refractivity contribution in [3.63, 3.8) is 0 Å². The lowest BCUT2D eigenvalue weighted by atomic mass is 10.2. The number of rotatable bonds is 7. The second-order valence-corrected chi connectivity index (χ2v) is 10.0. The van der Waals surface area contributed by atoms with Crippen LogP contribution in [0.4, 0.5) is 5.82 Å². The van der Waals surface area contributed by atoms with E-state index >= 15 is 0 Å². The van der Waals surface area contributed by atoms with Gasteiger partial charge >= 0.3 is 0 Å². The topological polar surface area (TPSA) is 78.3 Å². The van der Waals surface area contributed by atoms with E-state index in [0.29, 0.717) is 6.54 Å². The van der Waals surface area contributed by atoms with E-state index in [4.69, 9.17) is 0 Å². The lowest BCUT2D eigenvalue weighted by molar-refractivity contribution is 0.278. The van der Waals surface area contributed by atoms with Crippen molar-refractivity contribution in [2.45, 2.75) is 48.6 Å². The second kappa shape index (κ2) is 8.94. The van der Waals surface area contributed by atoms with Crippen LogP contribution in [0, 0.1) is 0 Å². The fraction of sp³-hybridized carbons (Fsp3) is 0.444. The molecule has 0 aliphatic rings. The van der Waals surface area contributed by atoms with Crippen molar-refractivity contribution in [1.82, 2.24) is 14.7 Å². The zero-order valence-electron chi connectivity index (χ0n) is 15.8. The van der Waals surface area contributed by atoms with Crippen LogP contribution in [0.25, 0.3) is 0 Å². The van der Waals surface area contributed by atoms with Crippen LogP contribution in [0.1, 0.15) is 31.9 Å². The molecule has 8 heteroatoms. The largest absolute Gasteiger partial charge is 0.392 e. The number of anilines is 1. The van der Waals surface area contributed by atoms with Crippen LogP contribution in [-0.2, 0) is 24.1 Å². The van der Waals surface area contributed by atoms with Gasteiger partial charge < -0.3 is 10.0 Å². The molecule has 0 bridgehead atoms. The third kappa shape index (κ3) is 5.26. The molecule has 0 aromatic carbocycles. The van der Waals surface area contributed by atoms with E-state index in [1.807, 2.05) is 58.0 Å². The van der Waals surface area contributed by atoms with Gasteiger partial charge in [-0.3, -0.25) is 0 Å². The Balaban J connectivity index is 2.36. The maximum atomic E-state index is 12.4. The fourth-order valence-electron chi connectivity index (χ4n) is 2.21. The maximum Gasteiger partial charge on any atom is 0.133 e. The minimum Gasteiger partial charge on any atom is -0.392 e. The van der Waals surface area contributed by atoms with E-state index in [0.717, 1.165) is 26.9 Å². The highest BCUT2D eigenvalue weighted by Gasteiger charge is 2.21. The van der Waals surface area contributed by atoms with Gasteiger partial charge in [0.15, 0.2) is 0 Å². The molecule has 1 unspecified atom stereocenters. The molecule has 2 heterocycles. The summed E-state index contributed by atoms with van der Waals surface area (Å²) in [5.41, 5.74) is 1.73. The molecule has 0 radical (unpaired) electrons. The molecule has 0 spiro atoms. The minimum absolute atomic E-state index is 0.0661. The van der Waals surface area contributed by atoms with Gasteiger partial charge in [-0.05, 0) is 32.9 Å². The lowest BCUT2D eigenvalue weighted by Crippen LogP contribution is -2.33. The molecule has 142 valence electrons. The molecule has 0 saturated carbocycles. The van der Waals surface area contributed by atoms with Crippen molar-refractivity contribution in [3.8, 4) is 0 Å². The summed E-state index contributed by atoms with van der Waals surface area (Å²) in [7, 11) is 2.68. The SMILES string of the molecule is CN(C)c1nccc(Sc2ncccc2CO)c1CNS(=O)C(C)(C)C. The predicted molar refractivity (Wildman–Crippen MR) is 108 cm³/mol. The molecule has 0 saturated heterocycles. The summed E-state index contributed by atoms with van der Waals surface area (Å²) in [4.78, 5) is 11.8. The quantitative estimate of drug-likeness (QED) is 0.752. The molecular formula is C18H26N4O2S2. The third-order valence-corrected chi connectivity index (χ3v) is 6.26. The van der Waals surface area contributed by atoms with E-state index in [-0.39, 0.29) is 11.4 Å². The molecule has 2 rings (SSSR count). The van der Waals surface area contributed by atoms with Crippen LogP contribution < -0.4 is 9.62 Å². The van der Waals surface area contributed by atoms with Crippen molar-refractivity contribution in [2.75, 3.05) is 19.0 Å². The van der Waals surface area contributed by atoms with Gasteiger partial charge in [0.25, 0.3) is 0 Å². The van der Waals surface area contributed by atoms with Crippen LogP contribution in [0.5, 0.6) is 0 Å². The molecule has 2 aromatic heterocycles. The number of aliphatic hydroxyl groups is 1. The zero-order valence-corrected chi connectivity index (χ0v) is 17.4. The molecule has 0 amide bonds. The smallest absolute Gasteiger partial charge is 0.133 e. The van der Waals surface area contributed by atoms with Crippen molar-refractivity contribution in [1.29, 1.82) is 0 Å². The number of nitrogens with one attached hydrogen (secondary N) is 1. The van der Waals surface area contributed by atoms with Crippen LogP contribution in [-0.4, -0.2) is 38.1 Å². The summed E-state index contributed by atoms with van der Waals surface area (Å²) in [6.45, 7) is 6.16. The molecule has 0 fully saturated rings. The monoisotopic (exact) mass is 394 g/mol. The lowest BCUT2D eigenvalue weighted by Gasteiger charge is -2.22. The van der Waals surface area contributed by atoms with E-state index < -0.39 is 11.0 Å². The first-order valence-electron chi connectivity index (χ1n) is 8.27. The summed E-state index contributed by atoms with van der Waals surface area (Å²) in [6, 6.07) is 5.59. The first kappa shape index (κ1) is 20.8. The predicted octanol–water partition coefficient (Wildman–Crippen LogP) is 2.74. The van der Waals surface area contributed by atoms with Gasteiger partial charge in [0.2, 0.25) is 0 Å². The first-order chi connectivity index (χ1) is 12.2. The van der Waals surface area contributed by atoms with Gasteiger partial charge in [-0.25, -0.2) is 18.9 Å². The number of pyridine rings is 2.